The van der Waals surface area contributed by atoms with Crippen LogP contribution in [0.1, 0.15) is 16.1 Å². The van der Waals surface area contributed by atoms with E-state index >= 15 is 0 Å². The molecule has 2 aliphatic rings. The topological polar surface area (TPSA) is 57.9 Å². The minimum absolute atomic E-state index is 0.175. The van der Waals surface area contributed by atoms with E-state index in [1.165, 1.54) is 27.6 Å². The molecule has 2 saturated heterocycles. The van der Waals surface area contributed by atoms with Crippen LogP contribution in [0.4, 0.5) is 5.69 Å². The molecule has 4 heterocycles. The molecule has 2 aliphatic heterocycles. The first-order chi connectivity index (χ1) is 13.1. The van der Waals surface area contributed by atoms with Crippen LogP contribution < -0.4 is 10.5 Å². The number of anilines is 1. The van der Waals surface area contributed by atoms with Gasteiger partial charge in [0.05, 0.1) is 0 Å². The summed E-state index contributed by atoms with van der Waals surface area (Å²) in [4.78, 5) is 34.9. The van der Waals surface area contributed by atoms with E-state index in [0.717, 1.165) is 18.8 Å². The predicted octanol–water partition coefficient (Wildman–Crippen LogP) is 2.27. The number of carbonyl (C=O) groups excluding carboxylic acids is 1. The third-order valence-corrected chi connectivity index (χ3v) is 6.70. The maximum atomic E-state index is 13.0. The van der Waals surface area contributed by atoms with E-state index in [9.17, 15) is 9.59 Å². The van der Waals surface area contributed by atoms with Crippen LogP contribution in [-0.4, -0.2) is 46.4 Å². The quantitative estimate of drug-likeness (QED) is 0.684. The molecule has 6 nitrogen and oxygen atoms in total. The molecule has 2 atom stereocenters. The maximum Gasteiger partial charge on any atom is 0.271 e. The Labute approximate surface area is 160 Å². The molecule has 0 radical (unpaired) electrons. The third kappa shape index (κ3) is 2.65. The van der Waals surface area contributed by atoms with Gasteiger partial charge in [-0.15, -0.1) is 11.3 Å². The third-order valence-electron chi connectivity index (χ3n) is 5.74. The molecule has 27 heavy (non-hydrogen) atoms. The molecule has 2 unspecified atom stereocenters. The van der Waals surface area contributed by atoms with Gasteiger partial charge in [-0.25, -0.2) is 4.98 Å². The van der Waals surface area contributed by atoms with Gasteiger partial charge in [0, 0.05) is 61.0 Å². The minimum Gasteiger partial charge on any atom is -0.371 e. The van der Waals surface area contributed by atoms with Crippen LogP contribution in [-0.2, 0) is 0 Å². The highest BCUT2D eigenvalue weighted by molar-refractivity contribution is 7.15. The van der Waals surface area contributed by atoms with Crippen molar-refractivity contribution in [2.75, 3.05) is 31.1 Å². The van der Waals surface area contributed by atoms with Gasteiger partial charge in [-0.3, -0.25) is 14.0 Å². The SMILES string of the molecule is Cc1csc2ncc(C(=O)N3CC4CN(c5ccccc5)CC4C3)c(=O)n12. The van der Waals surface area contributed by atoms with Gasteiger partial charge in [-0.2, -0.15) is 0 Å². The molecule has 0 aliphatic carbocycles. The summed E-state index contributed by atoms with van der Waals surface area (Å²) in [5, 5.41) is 1.89. The van der Waals surface area contributed by atoms with Crippen molar-refractivity contribution in [2.24, 2.45) is 11.8 Å². The van der Waals surface area contributed by atoms with Crippen molar-refractivity contribution < 1.29 is 4.79 Å². The van der Waals surface area contributed by atoms with Gasteiger partial charge in [0.2, 0.25) is 0 Å². The van der Waals surface area contributed by atoms with Gasteiger partial charge in [-0.1, -0.05) is 18.2 Å². The number of rotatable bonds is 2. The zero-order valence-corrected chi connectivity index (χ0v) is 15.9. The Bertz CT molecular complexity index is 1060. The Morgan fingerprint density at radius 1 is 1.11 bits per heavy atom. The number of amides is 1. The van der Waals surface area contributed by atoms with Crippen LogP contribution in [0.25, 0.3) is 4.96 Å². The number of thiazole rings is 1. The van der Waals surface area contributed by atoms with Crippen molar-refractivity contribution in [3.8, 4) is 0 Å². The van der Waals surface area contributed by atoms with Crippen LogP contribution >= 0.6 is 11.3 Å². The summed E-state index contributed by atoms with van der Waals surface area (Å²) in [6.07, 6.45) is 1.44. The van der Waals surface area contributed by atoms with Gasteiger partial charge in [-0.05, 0) is 19.1 Å². The Hall–Kier alpha value is -2.67. The van der Waals surface area contributed by atoms with Crippen molar-refractivity contribution in [3.05, 3.63) is 63.5 Å². The Morgan fingerprint density at radius 3 is 2.52 bits per heavy atom. The van der Waals surface area contributed by atoms with Crippen LogP contribution in [0.15, 0.2) is 46.7 Å². The highest BCUT2D eigenvalue weighted by Gasteiger charge is 2.42. The average molecular weight is 380 g/mol. The fourth-order valence-corrected chi connectivity index (χ4v) is 5.18. The van der Waals surface area contributed by atoms with Gasteiger partial charge in [0.1, 0.15) is 5.56 Å². The van der Waals surface area contributed by atoms with Gasteiger partial charge in [0.15, 0.2) is 4.96 Å². The minimum atomic E-state index is -0.258. The lowest BCUT2D eigenvalue weighted by atomic mass is 10.0. The summed E-state index contributed by atoms with van der Waals surface area (Å²) >= 11 is 1.41. The van der Waals surface area contributed by atoms with Gasteiger partial charge < -0.3 is 9.80 Å². The first-order valence-corrected chi connectivity index (χ1v) is 10.0. The molecule has 0 N–H and O–H groups in total. The van der Waals surface area contributed by atoms with Gasteiger partial charge >= 0.3 is 0 Å². The zero-order chi connectivity index (χ0) is 18.5. The summed E-state index contributed by atoms with van der Waals surface area (Å²) < 4.78 is 1.53. The molecule has 0 spiro atoms. The fraction of sp³-hybridized carbons (Fsp3) is 0.350. The first-order valence-electron chi connectivity index (χ1n) is 9.17. The molecule has 2 fully saturated rings. The Morgan fingerprint density at radius 2 is 1.81 bits per heavy atom. The molecule has 1 amide bonds. The van der Waals surface area contributed by atoms with Crippen molar-refractivity contribution in [3.63, 3.8) is 0 Å². The lowest BCUT2D eigenvalue weighted by Gasteiger charge is -2.23. The lowest BCUT2D eigenvalue weighted by molar-refractivity contribution is 0.0780. The van der Waals surface area contributed by atoms with Crippen LogP contribution in [0.2, 0.25) is 0 Å². The van der Waals surface area contributed by atoms with Crippen LogP contribution in [0, 0.1) is 18.8 Å². The first kappa shape index (κ1) is 16.5. The summed E-state index contributed by atoms with van der Waals surface area (Å²) in [5.74, 6) is 0.723. The molecule has 138 valence electrons. The number of benzene rings is 1. The number of nitrogens with zero attached hydrogens (tertiary/aromatic N) is 4. The second kappa shape index (κ2) is 6.20. The smallest absolute Gasteiger partial charge is 0.271 e. The molecule has 2 aromatic heterocycles. The lowest BCUT2D eigenvalue weighted by Crippen LogP contribution is -2.37. The standard InChI is InChI=1S/C20H20N4O2S/c1-13-12-27-20-21-7-17(19(26)24(13)20)18(25)23-10-14-8-22(9-15(14)11-23)16-5-3-2-4-6-16/h2-7,12,14-15H,8-11H2,1H3. The molecule has 0 bridgehead atoms. The number of para-hydroxylation sites is 1. The summed E-state index contributed by atoms with van der Waals surface area (Å²) in [6.45, 7) is 5.19. The molecule has 3 aromatic rings. The summed E-state index contributed by atoms with van der Waals surface area (Å²) in [5.41, 5.74) is 1.98. The van der Waals surface area contributed by atoms with E-state index in [2.05, 4.69) is 34.1 Å². The number of hydrogen-bond donors (Lipinski definition) is 0. The van der Waals surface area contributed by atoms with E-state index in [4.69, 9.17) is 0 Å². The number of carbonyl (C=O) groups is 1. The Kier molecular flexibility index (Phi) is 3.79. The van der Waals surface area contributed by atoms with Crippen LogP contribution in [0.3, 0.4) is 0 Å². The fourth-order valence-electron chi connectivity index (χ4n) is 4.35. The molecule has 7 heteroatoms. The van der Waals surface area contributed by atoms with Gasteiger partial charge in [0.25, 0.3) is 11.5 Å². The summed E-state index contributed by atoms with van der Waals surface area (Å²) in [7, 11) is 0. The average Bonchev–Trinajstić information content (AvgIpc) is 3.36. The molecule has 1 aromatic carbocycles. The van der Waals surface area contributed by atoms with E-state index in [-0.39, 0.29) is 17.0 Å². The second-order valence-electron chi connectivity index (χ2n) is 7.44. The molecular formula is C20H20N4O2S. The highest BCUT2D eigenvalue weighted by Crippen LogP contribution is 2.34. The predicted molar refractivity (Wildman–Crippen MR) is 106 cm³/mol. The van der Waals surface area contributed by atoms with Crippen molar-refractivity contribution in [1.29, 1.82) is 0 Å². The number of fused-ring (bicyclic) bond motifs is 2. The number of aromatic nitrogens is 2. The molecular weight excluding hydrogens is 360 g/mol. The van der Waals surface area contributed by atoms with E-state index < -0.39 is 0 Å². The maximum absolute atomic E-state index is 13.0. The molecule has 0 saturated carbocycles. The second-order valence-corrected chi connectivity index (χ2v) is 8.28. The largest absolute Gasteiger partial charge is 0.371 e. The van der Waals surface area contributed by atoms with E-state index in [1.807, 2.05) is 23.3 Å². The molecule has 5 rings (SSSR count). The van der Waals surface area contributed by atoms with Crippen LogP contribution in [0.5, 0.6) is 0 Å². The zero-order valence-electron chi connectivity index (χ0n) is 15.0. The number of aryl methyl sites for hydroxylation is 1. The van der Waals surface area contributed by atoms with Crippen molar-refractivity contribution >= 4 is 27.9 Å². The number of likely N-dealkylation sites (tertiary alicyclic amines) is 1. The van der Waals surface area contributed by atoms with Crippen molar-refractivity contribution in [1.82, 2.24) is 14.3 Å². The van der Waals surface area contributed by atoms with Crippen molar-refractivity contribution in [2.45, 2.75) is 6.92 Å². The van der Waals surface area contributed by atoms with E-state index in [0.29, 0.717) is 29.9 Å². The Balaban J connectivity index is 1.35. The summed E-state index contributed by atoms with van der Waals surface area (Å²) in [6, 6.07) is 10.4. The highest BCUT2D eigenvalue weighted by atomic mass is 32.1. The van der Waals surface area contributed by atoms with E-state index in [1.54, 1.807) is 0 Å². The normalized spacial score (nSPS) is 21.8. The monoisotopic (exact) mass is 380 g/mol. The number of hydrogen-bond acceptors (Lipinski definition) is 5.